The van der Waals surface area contributed by atoms with Gasteiger partial charge in [0, 0.05) is 17.8 Å². The van der Waals surface area contributed by atoms with E-state index in [2.05, 4.69) is 24.0 Å². The molecule has 1 aromatic heterocycles. The number of aromatic nitrogens is 1. The number of aliphatic hydroxyl groups is 1. The fourth-order valence-corrected chi connectivity index (χ4v) is 3.30. The summed E-state index contributed by atoms with van der Waals surface area (Å²) in [4.78, 5) is 4.16. The molecule has 94 valence electrons. The van der Waals surface area contributed by atoms with Crippen molar-refractivity contribution in [2.45, 2.75) is 38.2 Å². The lowest BCUT2D eigenvalue weighted by Gasteiger charge is -2.36. The van der Waals surface area contributed by atoms with Gasteiger partial charge in [0.25, 0.3) is 0 Å². The maximum absolute atomic E-state index is 11.0. The first-order chi connectivity index (χ1) is 8.69. The Balaban J connectivity index is 2.13. The number of rotatable bonds is 1. The molecular formula is C16H19NO. The molecule has 1 saturated carbocycles. The molecule has 1 N–H and O–H groups in total. The maximum atomic E-state index is 11.0. The number of pyridine rings is 1. The number of hydrogen-bond donors (Lipinski definition) is 1. The molecule has 2 heteroatoms. The van der Waals surface area contributed by atoms with Crippen LogP contribution >= 0.6 is 0 Å². The van der Waals surface area contributed by atoms with E-state index < -0.39 is 5.60 Å². The largest absolute Gasteiger partial charge is 0.385 e. The number of benzene rings is 1. The second-order valence-electron chi connectivity index (χ2n) is 5.64. The summed E-state index contributed by atoms with van der Waals surface area (Å²) in [7, 11) is 0. The van der Waals surface area contributed by atoms with Crippen molar-refractivity contribution >= 4 is 10.8 Å². The minimum Gasteiger partial charge on any atom is -0.385 e. The van der Waals surface area contributed by atoms with Gasteiger partial charge < -0.3 is 5.11 Å². The molecular weight excluding hydrogens is 222 g/mol. The maximum Gasteiger partial charge on any atom is 0.0905 e. The minimum absolute atomic E-state index is 0.598. The van der Waals surface area contributed by atoms with Crippen molar-refractivity contribution in [2.24, 2.45) is 5.92 Å². The predicted molar refractivity (Wildman–Crippen MR) is 73.3 cm³/mol. The van der Waals surface area contributed by atoms with Crippen molar-refractivity contribution < 1.29 is 5.11 Å². The molecule has 2 unspecified atom stereocenters. The Hall–Kier alpha value is -1.41. The number of hydrogen-bond acceptors (Lipinski definition) is 2. The Labute approximate surface area is 108 Å². The molecule has 0 radical (unpaired) electrons. The van der Waals surface area contributed by atoms with Gasteiger partial charge in [0.2, 0.25) is 0 Å². The normalized spacial score (nSPS) is 28.4. The summed E-state index contributed by atoms with van der Waals surface area (Å²) in [5.41, 5.74) is 0.423. The summed E-state index contributed by atoms with van der Waals surface area (Å²) in [6.07, 6.45) is 7.76. The molecule has 1 aliphatic rings. The molecule has 0 aliphatic heterocycles. The van der Waals surface area contributed by atoms with Crippen molar-refractivity contribution in [1.82, 2.24) is 4.98 Å². The van der Waals surface area contributed by atoms with E-state index in [4.69, 9.17) is 0 Å². The van der Waals surface area contributed by atoms with E-state index in [-0.39, 0.29) is 0 Å². The third kappa shape index (κ3) is 1.91. The molecule has 0 amide bonds. The number of fused-ring (bicyclic) bond motifs is 1. The van der Waals surface area contributed by atoms with Crippen molar-refractivity contribution in [1.29, 1.82) is 0 Å². The zero-order valence-corrected chi connectivity index (χ0v) is 10.8. The Morgan fingerprint density at radius 1 is 1.33 bits per heavy atom. The van der Waals surface area contributed by atoms with Gasteiger partial charge in [-0.3, -0.25) is 4.98 Å². The van der Waals surface area contributed by atoms with E-state index in [0.29, 0.717) is 5.92 Å². The van der Waals surface area contributed by atoms with Crippen LogP contribution in [0.15, 0.2) is 36.7 Å². The summed E-state index contributed by atoms with van der Waals surface area (Å²) in [5.74, 6) is 0.598. The first kappa shape index (κ1) is 11.7. The highest BCUT2D eigenvalue weighted by Crippen LogP contribution is 2.42. The zero-order chi connectivity index (χ0) is 12.6. The van der Waals surface area contributed by atoms with Crippen LogP contribution in [0.4, 0.5) is 0 Å². The van der Waals surface area contributed by atoms with Crippen LogP contribution in [0, 0.1) is 5.92 Å². The molecule has 1 fully saturated rings. The lowest BCUT2D eigenvalue weighted by molar-refractivity contribution is -0.0165. The third-order valence-corrected chi connectivity index (χ3v) is 4.16. The first-order valence-electron chi connectivity index (χ1n) is 6.75. The second-order valence-corrected chi connectivity index (χ2v) is 5.64. The monoisotopic (exact) mass is 241 g/mol. The lowest BCUT2D eigenvalue weighted by atomic mass is 9.74. The predicted octanol–water partition coefficient (Wildman–Crippen LogP) is 3.63. The van der Waals surface area contributed by atoms with Crippen LogP contribution in [0.25, 0.3) is 10.8 Å². The van der Waals surface area contributed by atoms with Gasteiger partial charge in [0.15, 0.2) is 0 Å². The summed E-state index contributed by atoms with van der Waals surface area (Å²) < 4.78 is 0. The summed E-state index contributed by atoms with van der Waals surface area (Å²) in [6, 6.07) is 8.17. The Morgan fingerprint density at radius 2 is 2.22 bits per heavy atom. The highest BCUT2D eigenvalue weighted by Gasteiger charge is 2.35. The van der Waals surface area contributed by atoms with E-state index in [9.17, 15) is 5.11 Å². The Morgan fingerprint density at radius 3 is 3.06 bits per heavy atom. The van der Waals surface area contributed by atoms with Crippen LogP contribution in [0.5, 0.6) is 0 Å². The highest BCUT2D eigenvalue weighted by molar-refractivity contribution is 5.85. The second kappa shape index (κ2) is 4.36. The van der Waals surface area contributed by atoms with E-state index in [1.165, 1.54) is 6.42 Å². The van der Waals surface area contributed by atoms with Crippen LogP contribution in [0.1, 0.15) is 38.2 Å². The minimum atomic E-state index is -0.654. The van der Waals surface area contributed by atoms with Gasteiger partial charge >= 0.3 is 0 Å². The smallest absolute Gasteiger partial charge is 0.0905 e. The molecule has 1 heterocycles. The van der Waals surface area contributed by atoms with E-state index in [0.717, 1.165) is 35.6 Å². The molecule has 0 bridgehead atoms. The highest BCUT2D eigenvalue weighted by atomic mass is 16.3. The van der Waals surface area contributed by atoms with Crippen molar-refractivity contribution in [3.05, 3.63) is 42.2 Å². The van der Waals surface area contributed by atoms with E-state index in [1.54, 1.807) is 6.20 Å². The molecule has 0 spiro atoms. The molecule has 18 heavy (non-hydrogen) atoms. The van der Waals surface area contributed by atoms with E-state index >= 15 is 0 Å². The van der Waals surface area contributed by atoms with Gasteiger partial charge in [-0.1, -0.05) is 31.5 Å². The van der Waals surface area contributed by atoms with Crippen molar-refractivity contribution in [3.8, 4) is 0 Å². The molecule has 2 nitrogen and oxygen atoms in total. The quantitative estimate of drug-likeness (QED) is 0.827. The molecule has 1 aromatic carbocycles. The van der Waals surface area contributed by atoms with Crippen molar-refractivity contribution in [2.75, 3.05) is 0 Å². The zero-order valence-electron chi connectivity index (χ0n) is 10.8. The Kier molecular flexibility index (Phi) is 2.83. The average molecular weight is 241 g/mol. The Bertz CT molecular complexity index is 561. The molecule has 2 atom stereocenters. The van der Waals surface area contributed by atoms with Crippen LogP contribution < -0.4 is 0 Å². The van der Waals surface area contributed by atoms with Crippen LogP contribution in [0.3, 0.4) is 0 Å². The van der Waals surface area contributed by atoms with Crippen molar-refractivity contribution in [3.63, 3.8) is 0 Å². The topological polar surface area (TPSA) is 33.1 Å². The molecule has 0 saturated heterocycles. The first-order valence-corrected chi connectivity index (χ1v) is 6.75. The van der Waals surface area contributed by atoms with Gasteiger partial charge in [-0.15, -0.1) is 0 Å². The lowest BCUT2D eigenvalue weighted by Crippen LogP contribution is -2.32. The van der Waals surface area contributed by atoms with Crippen LogP contribution in [0.2, 0.25) is 0 Å². The van der Waals surface area contributed by atoms with Gasteiger partial charge in [-0.25, -0.2) is 0 Å². The number of nitrogens with zero attached hydrogens (tertiary/aromatic N) is 1. The van der Waals surface area contributed by atoms with Gasteiger partial charge in [0.1, 0.15) is 0 Å². The molecule has 1 aliphatic carbocycles. The fraction of sp³-hybridized carbons (Fsp3) is 0.438. The standard InChI is InChI=1S/C16H19NO/c1-12-4-3-8-16(18,10-12)15-6-2-5-13-11-17-9-7-14(13)15/h2,5-7,9,11-12,18H,3-4,8,10H2,1H3. The van der Waals surface area contributed by atoms with Crippen LogP contribution in [-0.4, -0.2) is 10.1 Å². The van der Waals surface area contributed by atoms with Gasteiger partial charge in [0.05, 0.1) is 5.60 Å². The van der Waals surface area contributed by atoms with Gasteiger partial charge in [-0.2, -0.15) is 0 Å². The van der Waals surface area contributed by atoms with Crippen LogP contribution in [-0.2, 0) is 5.60 Å². The average Bonchev–Trinajstić information content (AvgIpc) is 2.38. The molecule has 3 rings (SSSR count). The van der Waals surface area contributed by atoms with E-state index in [1.807, 2.05) is 18.3 Å². The van der Waals surface area contributed by atoms with Gasteiger partial charge in [-0.05, 0) is 42.2 Å². The molecule has 2 aromatic rings. The third-order valence-electron chi connectivity index (χ3n) is 4.16. The summed E-state index contributed by atoms with van der Waals surface area (Å²) >= 11 is 0. The SMILES string of the molecule is CC1CCCC(O)(c2cccc3cnccc23)C1. The summed E-state index contributed by atoms with van der Waals surface area (Å²) in [5, 5.41) is 13.2. The fourth-order valence-electron chi connectivity index (χ4n) is 3.30. The summed E-state index contributed by atoms with van der Waals surface area (Å²) in [6.45, 7) is 2.23.